The Balaban J connectivity index is 1.66. The molecule has 4 saturated carbocycles. The lowest BCUT2D eigenvalue weighted by Crippen LogP contribution is -2.76. The van der Waals surface area contributed by atoms with Gasteiger partial charge in [-0.15, -0.1) is 0 Å². The Morgan fingerprint density at radius 1 is 1.32 bits per heavy atom. The number of fused-ring (bicyclic) bond motifs is 2. The summed E-state index contributed by atoms with van der Waals surface area (Å²) in [6, 6.07) is 0.0757. The highest BCUT2D eigenvalue weighted by atomic mass is 16.5. The van der Waals surface area contributed by atoms with Gasteiger partial charge in [-0.25, -0.2) is 0 Å². The van der Waals surface area contributed by atoms with E-state index in [1.165, 1.54) is 0 Å². The van der Waals surface area contributed by atoms with E-state index in [-0.39, 0.29) is 52.8 Å². The Kier molecular flexibility index (Phi) is 3.44. The van der Waals surface area contributed by atoms with Crippen LogP contribution in [0.3, 0.4) is 0 Å². The molecule has 2 N–H and O–H groups in total. The van der Waals surface area contributed by atoms with Gasteiger partial charge in [-0.1, -0.05) is 13.8 Å². The van der Waals surface area contributed by atoms with Crippen molar-refractivity contribution in [2.45, 2.75) is 75.9 Å². The van der Waals surface area contributed by atoms with Crippen molar-refractivity contribution in [1.82, 2.24) is 4.90 Å². The third-order valence-electron chi connectivity index (χ3n) is 10.1. The first kappa shape index (κ1) is 18.1. The maximum Gasteiger partial charge on any atom is 0.312 e. The van der Waals surface area contributed by atoms with E-state index in [9.17, 15) is 15.0 Å². The highest BCUT2D eigenvalue weighted by molar-refractivity contribution is 5.77. The summed E-state index contributed by atoms with van der Waals surface area (Å²) in [5.74, 6) is -0.969. The molecule has 9 bridgehead atoms. The topological polar surface area (TPSA) is 79.2 Å². The number of esters is 1. The van der Waals surface area contributed by atoms with E-state index in [1.54, 1.807) is 7.11 Å². The Hall–Kier alpha value is -0.690. The average molecular weight is 392 g/mol. The minimum atomic E-state index is -1.17. The molecule has 0 radical (unpaired) electrons. The fraction of sp³-hybridized carbons (Fsp3) is 0.955. The molecule has 3 unspecified atom stereocenters. The molecule has 6 nitrogen and oxygen atoms in total. The second kappa shape index (κ2) is 5.32. The van der Waals surface area contributed by atoms with E-state index in [1.807, 2.05) is 0 Å². The van der Waals surface area contributed by atoms with Gasteiger partial charge in [0, 0.05) is 36.9 Å². The molecule has 3 saturated heterocycles. The van der Waals surface area contributed by atoms with Gasteiger partial charge in [-0.2, -0.15) is 0 Å². The van der Waals surface area contributed by atoms with Crippen molar-refractivity contribution >= 4 is 5.97 Å². The number of carbonyl (C=O) groups excluding carboxylic acids is 1. The number of hydrogen-bond acceptors (Lipinski definition) is 6. The monoisotopic (exact) mass is 391 g/mol. The molecular weight excluding hydrogens is 358 g/mol. The number of carbonyl (C=O) groups is 1. The van der Waals surface area contributed by atoms with E-state index in [0.29, 0.717) is 12.8 Å². The van der Waals surface area contributed by atoms with E-state index < -0.39 is 17.6 Å². The molecular formula is C22H33NO5. The number of hydrogen-bond donors (Lipinski definition) is 2. The van der Waals surface area contributed by atoms with Crippen molar-refractivity contribution in [3.8, 4) is 0 Å². The summed E-state index contributed by atoms with van der Waals surface area (Å²) < 4.78 is 11.9. The highest BCUT2D eigenvalue weighted by Crippen LogP contribution is 2.77. The van der Waals surface area contributed by atoms with E-state index in [0.717, 1.165) is 32.4 Å². The van der Waals surface area contributed by atoms with Gasteiger partial charge in [0.2, 0.25) is 0 Å². The molecule has 156 valence electrons. The standard InChI is InChI=1S/C22H33NO5/c1-4-23-10-20(2)7-6-13(27-3)22-12-9-11-5-8-21(26,14(12)19(25)28-11)15(18(22)23)16(24)17(20)22/h11-18,24,26H,4-10H2,1-3H3/t11-,12+,13-,14+,15-,16+,17+,18?,20?,21+,22?/m0/s1. The van der Waals surface area contributed by atoms with Gasteiger partial charge in [0.25, 0.3) is 0 Å². The number of ether oxygens (including phenoxy) is 2. The molecule has 3 aliphatic heterocycles. The summed E-state index contributed by atoms with van der Waals surface area (Å²) in [5.41, 5.74) is -1.46. The predicted octanol–water partition coefficient (Wildman–Crippen LogP) is 1.19. The molecule has 3 heterocycles. The molecule has 0 aromatic rings. The number of likely N-dealkylation sites (tertiary alicyclic amines) is 1. The number of aliphatic hydroxyl groups excluding tert-OH is 1. The molecule has 4 aliphatic carbocycles. The van der Waals surface area contributed by atoms with E-state index >= 15 is 0 Å². The van der Waals surface area contributed by atoms with Crippen LogP contribution in [0.2, 0.25) is 0 Å². The summed E-state index contributed by atoms with van der Waals surface area (Å²) in [4.78, 5) is 15.6. The van der Waals surface area contributed by atoms with Crippen LogP contribution in [-0.4, -0.2) is 71.2 Å². The summed E-state index contributed by atoms with van der Waals surface area (Å²) in [6.07, 6.45) is 3.38. The van der Waals surface area contributed by atoms with Gasteiger partial charge in [0.1, 0.15) is 6.10 Å². The zero-order valence-corrected chi connectivity index (χ0v) is 17.1. The molecule has 7 rings (SSSR count). The smallest absolute Gasteiger partial charge is 0.312 e. The predicted molar refractivity (Wildman–Crippen MR) is 100 cm³/mol. The van der Waals surface area contributed by atoms with Crippen LogP contribution < -0.4 is 0 Å². The van der Waals surface area contributed by atoms with Crippen molar-refractivity contribution in [2.75, 3.05) is 20.2 Å². The van der Waals surface area contributed by atoms with Crippen molar-refractivity contribution in [3.05, 3.63) is 0 Å². The second-order valence-corrected chi connectivity index (χ2v) is 10.8. The first-order valence-corrected chi connectivity index (χ1v) is 11.2. The van der Waals surface area contributed by atoms with Crippen LogP contribution in [-0.2, 0) is 14.3 Å². The molecule has 7 aliphatic rings. The summed E-state index contributed by atoms with van der Waals surface area (Å²) >= 11 is 0. The van der Waals surface area contributed by atoms with Crippen molar-refractivity contribution in [2.24, 2.45) is 34.5 Å². The zero-order valence-electron chi connectivity index (χ0n) is 17.1. The first-order valence-electron chi connectivity index (χ1n) is 11.2. The number of aliphatic hydroxyl groups is 2. The molecule has 0 amide bonds. The second-order valence-electron chi connectivity index (χ2n) is 10.8. The quantitative estimate of drug-likeness (QED) is 0.689. The molecule has 28 heavy (non-hydrogen) atoms. The van der Waals surface area contributed by atoms with Crippen LogP contribution in [0.4, 0.5) is 0 Å². The van der Waals surface area contributed by atoms with Gasteiger partial charge in [-0.05, 0) is 50.0 Å². The number of nitrogens with zero attached hydrogens (tertiary/aromatic N) is 1. The van der Waals surface area contributed by atoms with Crippen LogP contribution in [0.5, 0.6) is 0 Å². The van der Waals surface area contributed by atoms with Gasteiger partial charge in [0.05, 0.1) is 23.7 Å². The normalized spacial score (nSPS) is 61.8. The maximum absolute atomic E-state index is 13.1. The van der Waals surface area contributed by atoms with Crippen LogP contribution in [0.25, 0.3) is 0 Å². The lowest BCUT2D eigenvalue weighted by molar-refractivity contribution is -0.269. The Labute approximate surface area is 166 Å². The summed E-state index contributed by atoms with van der Waals surface area (Å²) in [7, 11) is 1.79. The van der Waals surface area contributed by atoms with Crippen LogP contribution in [0.1, 0.15) is 46.0 Å². The maximum atomic E-state index is 13.1. The fourth-order valence-corrected chi connectivity index (χ4v) is 9.64. The van der Waals surface area contributed by atoms with Crippen molar-refractivity contribution in [3.63, 3.8) is 0 Å². The lowest BCUT2D eigenvalue weighted by atomic mass is 9.42. The van der Waals surface area contributed by atoms with E-state index in [4.69, 9.17) is 9.47 Å². The summed E-state index contributed by atoms with van der Waals surface area (Å²) in [5, 5.41) is 23.9. The van der Waals surface area contributed by atoms with Gasteiger partial charge >= 0.3 is 5.97 Å². The SMILES string of the molecule is CCN1CC2(C)CC[C@H](OC)C34C1[C@H]([C@@H](O)[C@H]23)[C@@]1(O)CC[C@H]2C[C@@H]4[C@@H]1C(=O)O2. The van der Waals surface area contributed by atoms with Crippen molar-refractivity contribution in [1.29, 1.82) is 0 Å². The largest absolute Gasteiger partial charge is 0.462 e. The number of methoxy groups -OCH3 is 1. The van der Waals surface area contributed by atoms with Crippen molar-refractivity contribution < 1.29 is 24.5 Å². The van der Waals surface area contributed by atoms with Crippen LogP contribution in [0.15, 0.2) is 0 Å². The average Bonchev–Trinajstić information content (AvgIpc) is 2.73. The third-order valence-corrected chi connectivity index (χ3v) is 10.1. The van der Waals surface area contributed by atoms with Gasteiger partial charge < -0.3 is 19.7 Å². The third kappa shape index (κ3) is 1.68. The van der Waals surface area contributed by atoms with Crippen LogP contribution >= 0.6 is 0 Å². The summed E-state index contributed by atoms with van der Waals surface area (Å²) in [6.45, 7) is 6.38. The molecule has 0 aromatic heterocycles. The highest BCUT2D eigenvalue weighted by Gasteiger charge is 2.84. The lowest BCUT2D eigenvalue weighted by Gasteiger charge is -2.69. The fourth-order valence-electron chi connectivity index (χ4n) is 9.64. The number of rotatable bonds is 2. The molecule has 7 fully saturated rings. The van der Waals surface area contributed by atoms with Gasteiger partial charge in [-0.3, -0.25) is 9.69 Å². The van der Waals surface area contributed by atoms with E-state index in [2.05, 4.69) is 18.7 Å². The van der Waals surface area contributed by atoms with Gasteiger partial charge in [0.15, 0.2) is 0 Å². The molecule has 1 spiro atoms. The number of piperidine rings is 1. The molecule has 0 aromatic carbocycles. The Morgan fingerprint density at radius 2 is 2.11 bits per heavy atom. The minimum Gasteiger partial charge on any atom is -0.462 e. The Morgan fingerprint density at radius 3 is 2.82 bits per heavy atom. The van der Waals surface area contributed by atoms with Crippen LogP contribution in [0, 0.1) is 34.5 Å². The molecule has 11 atom stereocenters. The minimum absolute atomic E-state index is 0.0123. The zero-order chi connectivity index (χ0) is 19.6. The Bertz CT molecular complexity index is 730. The first-order chi connectivity index (χ1) is 13.3. The molecule has 6 heteroatoms.